The summed E-state index contributed by atoms with van der Waals surface area (Å²) in [4.78, 5) is 13.0. The normalized spacial score (nSPS) is 14.9. The van der Waals surface area contributed by atoms with Gasteiger partial charge >= 0.3 is 0 Å². The molecule has 7 nitrogen and oxygen atoms in total. The highest BCUT2D eigenvalue weighted by Crippen LogP contribution is 2.32. The number of nitrogens with one attached hydrogen (secondary N) is 1. The van der Waals surface area contributed by atoms with Crippen molar-refractivity contribution in [2.75, 3.05) is 25.6 Å². The zero-order valence-corrected chi connectivity index (χ0v) is 19.8. The van der Waals surface area contributed by atoms with Crippen molar-refractivity contribution in [1.29, 1.82) is 0 Å². The fourth-order valence-electron chi connectivity index (χ4n) is 4.03. The smallest absolute Gasteiger partial charge is 0.247 e. The highest BCUT2D eigenvalue weighted by atomic mass is 32.2. The Labute approximate surface area is 190 Å². The van der Waals surface area contributed by atoms with E-state index in [0.29, 0.717) is 18.0 Å². The average Bonchev–Trinajstić information content (AvgIpc) is 2.79. The Morgan fingerprint density at radius 3 is 2.41 bits per heavy atom. The van der Waals surface area contributed by atoms with E-state index in [1.165, 1.54) is 11.4 Å². The molecular formula is C24H32N2O5S. The van der Waals surface area contributed by atoms with Crippen molar-refractivity contribution < 1.29 is 22.7 Å². The minimum absolute atomic E-state index is 0.0967. The van der Waals surface area contributed by atoms with E-state index in [4.69, 9.17) is 9.47 Å². The van der Waals surface area contributed by atoms with E-state index in [-0.39, 0.29) is 29.1 Å². The lowest BCUT2D eigenvalue weighted by Crippen LogP contribution is -2.45. The van der Waals surface area contributed by atoms with Crippen molar-refractivity contribution in [3.8, 4) is 11.5 Å². The molecule has 0 saturated heterocycles. The maximum atomic E-state index is 13.7. The molecule has 0 atom stereocenters. The van der Waals surface area contributed by atoms with Crippen LogP contribution in [0, 0.1) is 6.92 Å². The maximum absolute atomic E-state index is 13.7. The zero-order chi connectivity index (χ0) is 23.1. The molecule has 3 rings (SSSR count). The lowest BCUT2D eigenvalue weighted by Gasteiger charge is -2.33. The molecule has 1 aliphatic rings. The van der Waals surface area contributed by atoms with Gasteiger partial charge in [0.25, 0.3) is 0 Å². The van der Waals surface area contributed by atoms with E-state index in [1.54, 1.807) is 42.5 Å². The number of anilines is 1. The third kappa shape index (κ3) is 5.81. The first-order valence-corrected chi connectivity index (χ1v) is 12.5. The minimum Gasteiger partial charge on any atom is -0.495 e. The highest BCUT2D eigenvalue weighted by molar-refractivity contribution is 7.89. The summed E-state index contributed by atoms with van der Waals surface area (Å²) in [7, 11) is -2.49. The molecule has 8 heteroatoms. The molecule has 174 valence electrons. The molecule has 2 aromatic carbocycles. The number of sulfonamides is 1. The molecule has 32 heavy (non-hydrogen) atoms. The molecule has 0 aliphatic heterocycles. The molecule has 0 aromatic heterocycles. The van der Waals surface area contributed by atoms with E-state index in [9.17, 15) is 13.2 Å². The van der Waals surface area contributed by atoms with Crippen LogP contribution in [0.4, 0.5) is 5.69 Å². The second-order valence-electron chi connectivity index (χ2n) is 8.00. The molecule has 1 fully saturated rings. The summed E-state index contributed by atoms with van der Waals surface area (Å²) < 4.78 is 39.5. The third-order valence-electron chi connectivity index (χ3n) is 5.64. The Hall–Kier alpha value is -2.58. The van der Waals surface area contributed by atoms with Gasteiger partial charge in [-0.15, -0.1) is 0 Å². The SMILES string of the molecule is CCOc1ccc(NC(=O)CN(C2CCCCC2)S(=O)(=O)c2cc(C)ccc2OC)cc1. The van der Waals surface area contributed by atoms with Crippen LogP contribution in [0.1, 0.15) is 44.6 Å². The van der Waals surface area contributed by atoms with Gasteiger partial charge in [-0.3, -0.25) is 4.79 Å². The first kappa shape index (κ1) is 24.1. The number of nitrogens with zero attached hydrogens (tertiary/aromatic N) is 1. The van der Waals surface area contributed by atoms with Gasteiger partial charge in [0.2, 0.25) is 15.9 Å². The Morgan fingerprint density at radius 1 is 1.09 bits per heavy atom. The maximum Gasteiger partial charge on any atom is 0.247 e. The number of benzene rings is 2. The van der Waals surface area contributed by atoms with E-state index in [0.717, 1.165) is 37.7 Å². The Balaban J connectivity index is 1.86. The Morgan fingerprint density at radius 2 is 1.78 bits per heavy atom. The summed E-state index contributed by atoms with van der Waals surface area (Å²) in [5.74, 6) is 0.613. The van der Waals surface area contributed by atoms with Crippen LogP contribution in [0.3, 0.4) is 0 Å². The standard InChI is InChI=1S/C24H32N2O5S/c1-4-31-21-13-11-19(12-14-21)25-24(27)17-26(20-8-6-5-7-9-20)32(28,29)23-16-18(2)10-15-22(23)30-3/h10-16,20H,4-9,17H2,1-3H3,(H,25,27). The Kier molecular flexibility index (Phi) is 8.15. The van der Waals surface area contributed by atoms with E-state index in [2.05, 4.69) is 5.32 Å². The molecule has 0 unspecified atom stereocenters. The van der Waals surface area contributed by atoms with Crippen molar-refractivity contribution in [2.45, 2.75) is 56.9 Å². The predicted octanol–water partition coefficient (Wildman–Crippen LogP) is 4.36. The first-order chi connectivity index (χ1) is 15.3. The molecule has 0 radical (unpaired) electrons. The van der Waals surface area contributed by atoms with Crippen LogP contribution >= 0.6 is 0 Å². The van der Waals surface area contributed by atoms with E-state index >= 15 is 0 Å². The zero-order valence-electron chi connectivity index (χ0n) is 19.0. The largest absolute Gasteiger partial charge is 0.495 e. The van der Waals surface area contributed by atoms with Crippen LogP contribution in [0.2, 0.25) is 0 Å². The van der Waals surface area contributed by atoms with Gasteiger partial charge in [-0.2, -0.15) is 4.31 Å². The molecule has 2 aromatic rings. The van der Waals surface area contributed by atoms with Crippen LogP contribution in [0.15, 0.2) is 47.4 Å². The van der Waals surface area contributed by atoms with Crippen LogP contribution in [0.5, 0.6) is 11.5 Å². The summed E-state index contributed by atoms with van der Waals surface area (Å²) in [6.07, 6.45) is 4.45. The van der Waals surface area contributed by atoms with Gasteiger partial charge in [0.05, 0.1) is 20.3 Å². The van der Waals surface area contributed by atoms with Crippen molar-refractivity contribution in [3.05, 3.63) is 48.0 Å². The molecular weight excluding hydrogens is 428 g/mol. The van der Waals surface area contributed by atoms with Crippen LogP contribution in [-0.2, 0) is 14.8 Å². The molecule has 0 spiro atoms. The average molecular weight is 461 g/mol. The number of hydrogen-bond donors (Lipinski definition) is 1. The number of carbonyl (C=O) groups excluding carboxylic acids is 1. The number of carbonyl (C=O) groups is 1. The van der Waals surface area contributed by atoms with Gasteiger partial charge < -0.3 is 14.8 Å². The van der Waals surface area contributed by atoms with E-state index in [1.807, 2.05) is 13.8 Å². The Bertz CT molecular complexity index is 1020. The van der Waals surface area contributed by atoms with E-state index < -0.39 is 10.0 Å². The van der Waals surface area contributed by atoms with Gasteiger partial charge in [0.1, 0.15) is 16.4 Å². The topological polar surface area (TPSA) is 84.9 Å². The number of rotatable bonds is 9. The molecule has 1 N–H and O–H groups in total. The highest BCUT2D eigenvalue weighted by Gasteiger charge is 2.35. The lowest BCUT2D eigenvalue weighted by atomic mass is 9.95. The fourth-order valence-corrected chi connectivity index (χ4v) is 5.92. The number of ether oxygens (including phenoxy) is 2. The lowest BCUT2D eigenvalue weighted by molar-refractivity contribution is -0.116. The predicted molar refractivity (Wildman–Crippen MR) is 125 cm³/mol. The summed E-state index contributed by atoms with van der Waals surface area (Å²) in [5.41, 5.74) is 1.40. The first-order valence-electron chi connectivity index (χ1n) is 11.0. The third-order valence-corrected chi connectivity index (χ3v) is 7.56. The second-order valence-corrected chi connectivity index (χ2v) is 9.86. The molecule has 1 saturated carbocycles. The van der Waals surface area contributed by atoms with Crippen molar-refractivity contribution in [3.63, 3.8) is 0 Å². The van der Waals surface area contributed by atoms with Gasteiger partial charge in [-0.05, 0) is 68.7 Å². The monoisotopic (exact) mass is 460 g/mol. The number of hydrogen-bond acceptors (Lipinski definition) is 5. The van der Waals surface area contributed by atoms with Crippen molar-refractivity contribution >= 4 is 21.6 Å². The van der Waals surface area contributed by atoms with Gasteiger partial charge in [0, 0.05) is 11.7 Å². The summed E-state index contributed by atoms with van der Waals surface area (Å²) in [6.45, 7) is 4.04. The molecule has 0 bridgehead atoms. The van der Waals surface area contributed by atoms with Gasteiger partial charge in [-0.1, -0.05) is 25.3 Å². The summed E-state index contributed by atoms with van der Waals surface area (Å²) in [6, 6.07) is 11.9. The summed E-state index contributed by atoms with van der Waals surface area (Å²) >= 11 is 0. The van der Waals surface area contributed by atoms with Crippen molar-refractivity contribution in [1.82, 2.24) is 4.31 Å². The molecule has 0 heterocycles. The van der Waals surface area contributed by atoms with Crippen LogP contribution in [0.25, 0.3) is 0 Å². The number of amides is 1. The number of aryl methyl sites for hydroxylation is 1. The quantitative estimate of drug-likeness (QED) is 0.601. The molecule has 1 amide bonds. The fraction of sp³-hybridized carbons (Fsp3) is 0.458. The van der Waals surface area contributed by atoms with Crippen molar-refractivity contribution in [2.24, 2.45) is 0 Å². The molecule has 1 aliphatic carbocycles. The second kappa shape index (κ2) is 10.8. The van der Waals surface area contributed by atoms with Gasteiger partial charge in [0.15, 0.2) is 0 Å². The van der Waals surface area contributed by atoms with Gasteiger partial charge in [-0.25, -0.2) is 8.42 Å². The number of methoxy groups -OCH3 is 1. The summed E-state index contributed by atoms with van der Waals surface area (Å²) in [5, 5.41) is 2.81. The minimum atomic E-state index is -3.94. The van der Waals surface area contributed by atoms with Crippen LogP contribution in [-0.4, -0.2) is 44.9 Å². The van der Waals surface area contributed by atoms with Crippen LogP contribution < -0.4 is 14.8 Å².